The van der Waals surface area contributed by atoms with Crippen LogP contribution >= 0.6 is 12.6 Å². The average molecular weight is 475 g/mol. The van der Waals surface area contributed by atoms with Gasteiger partial charge in [0, 0.05) is 21.9 Å². The topological polar surface area (TPSA) is 48.6 Å². The van der Waals surface area contributed by atoms with Gasteiger partial charge >= 0.3 is 0 Å². The number of rotatable bonds is 2. The highest BCUT2D eigenvalue weighted by molar-refractivity contribution is 7.80. The molecule has 0 saturated heterocycles. The standard InChI is InChI=1S/C19H17F2N.C9H7NOS/c1-11-9-15-17(12-3-2-4-12)18(22-19(15)16(21)10-11)13-5-7-14(20)8-6-13;11-9-4-1-6-5-7(12)2-3-8(6)10-9/h5-10,12,22H,2-4H2,1H3;1-5,12H,(H,10,11). The van der Waals surface area contributed by atoms with E-state index in [9.17, 15) is 13.6 Å². The minimum atomic E-state index is -0.257. The van der Waals surface area contributed by atoms with E-state index in [4.69, 9.17) is 0 Å². The summed E-state index contributed by atoms with van der Waals surface area (Å²) < 4.78 is 27.5. The summed E-state index contributed by atoms with van der Waals surface area (Å²) in [6.45, 7) is 1.91. The lowest BCUT2D eigenvalue weighted by Gasteiger charge is -2.26. The number of aromatic amines is 2. The molecule has 1 aliphatic rings. The zero-order chi connectivity index (χ0) is 23.8. The van der Waals surface area contributed by atoms with Gasteiger partial charge in [0.05, 0.1) is 11.2 Å². The molecule has 1 saturated carbocycles. The lowest BCUT2D eigenvalue weighted by atomic mass is 9.78. The van der Waals surface area contributed by atoms with Crippen molar-refractivity contribution in [2.24, 2.45) is 0 Å². The molecule has 0 atom stereocenters. The van der Waals surface area contributed by atoms with Crippen molar-refractivity contribution >= 4 is 34.4 Å². The van der Waals surface area contributed by atoms with Gasteiger partial charge in [-0.25, -0.2) is 8.78 Å². The van der Waals surface area contributed by atoms with Crippen molar-refractivity contribution < 1.29 is 8.78 Å². The van der Waals surface area contributed by atoms with Crippen molar-refractivity contribution in [3.63, 3.8) is 0 Å². The van der Waals surface area contributed by atoms with E-state index in [2.05, 4.69) is 28.7 Å². The Morgan fingerprint density at radius 3 is 2.38 bits per heavy atom. The highest BCUT2D eigenvalue weighted by Crippen LogP contribution is 2.45. The number of aryl methyl sites for hydroxylation is 1. The summed E-state index contributed by atoms with van der Waals surface area (Å²) in [7, 11) is 0. The fourth-order valence-corrected chi connectivity index (χ4v) is 4.73. The van der Waals surface area contributed by atoms with Gasteiger partial charge in [0.2, 0.25) is 5.56 Å². The van der Waals surface area contributed by atoms with Crippen molar-refractivity contribution in [2.45, 2.75) is 37.0 Å². The molecule has 0 unspecified atom stereocenters. The molecule has 0 radical (unpaired) electrons. The van der Waals surface area contributed by atoms with Crippen molar-refractivity contribution in [1.82, 2.24) is 9.97 Å². The fourth-order valence-electron chi connectivity index (χ4n) is 4.52. The van der Waals surface area contributed by atoms with Crippen molar-refractivity contribution in [3.8, 4) is 11.3 Å². The van der Waals surface area contributed by atoms with Crippen LogP contribution in [-0.2, 0) is 0 Å². The van der Waals surface area contributed by atoms with Crippen LogP contribution in [-0.4, -0.2) is 9.97 Å². The van der Waals surface area contributed by atoms with Gasteiger partial charge < -0.3 is 9.97 Å². The van der Waals surface area contributed by atoms with Crippen LogP contribution in [0.1, 0.15) is 36.3 Å². The van der Waals surface area contributed by atoms with Crippen molar-refractivity contribution in [3.05, 3.63) is 99.8 Å². The average Bonchev–Trinajstić information content (AvgIpc) is 3.13. The molecule has 34 heavy (non-hydrogen) atoms. The molecule has 2 N–H and O–H groups in total. The number of pyridine rings is 1. The van der Waals surface area contributed by atoms with E-state index >= 15 is 0 Å². The summed E-state index contributed by atoms with van der Waals surface area (Å²) in [4.78, 5) is 17.8. The largest absolute Gasteiger partial charge is 0.352 e. The number of fused-ring (bicyclic) bond motifs is 2. The van der Waals surface area contributed by atoms with Crippen LogP contribution in [0.15, 0.2) is 76.4 Å². The molecule has 172 valence electrons. The molecule has 0 bridgehead atoms. The minimum Gasteiger partial charge on any atom is -0.352 e. The van der Waals surface area contributed by atoms with E-state index in [1.807, 2.05) is 25.1 Å². The number of thiol groups is 1. The predicted molar refractivity (Wildman–Crippen MR) is 137 cm³/mol. The molecule has 3 aromatic carbocycles. The molecule has 5 aromatic rings. The predicted octanol–water partition coefficient (Wildman–Crippen LogP) is 7.51. The number of halogens is 2. The second kappa shape index (κ2) is 9.11. The second-order valence-electron chi connectivity index (χ2n) is 8.81. The quantitative estimate of drug-likeness (QED) is 0.228. The summed E-state index contributed by atoms with van der Waals surface area (Å²) >= 11 is 4.19. The molecule has 6 rings (SSSR count). The maximum atomic E-state index is 14.3. The van der Waals surface area contributed by atoms with E-state index < -0.39 is 0 Å². The molecule has 1 aliphatic carbocycles. The summed E-state index contributed by atoms with van der Waals surface area (Å²) in [5.74, 6) is -0.00832. The molecule has 3 nitrogen and oxygen atoms in total. The van der Waals surface area contributed by atoms with E-state index in [1.54, 1.807) is 24.3 Å². The van der Waals surface area contributed by atoms with Gasteiger partial charge in [0.1, 0.15) is 11.6 Å². The number of benzene rings is 3. The fraction of sp³-hybridized carbons (Fsp3) is 0.179. The molecule has 0 spiro atoms. The first-order chi connectivity index (χ1) is 16.4. The van der Waals surface area contributed by atoms with E-state index in [-0.39, 0.29) is 17.2 Å². The van der Waals surface area contributed by atoms with E-state index in [1.165, 1.54) is 30.2 Å². The number of H-pyrrole nitrogens is 2. The summed E-state index contributed by atoms with van der Waals surface area (Å²) in [5, 5.41) is 1.98. The lowest BCUT2D eigenvalue weighted by Crippen LogP contribution is -2.09. The van der Waals surface area contributed by atoms with Gasteiger partial charge in [-0.3, -0.25) is 4.79 Å². The molecule has 0 aliphatic heterocycles. The Bertz CT molecular complexity index is 1550. The number of hydrogen-bond acceptors (Lipinski definition) is 2. The minimum absolute atomic E-state index is 0.0746. The zero-order valence-electron chi connectivity index (χ0n) is 18.7. The van der Waals surface area contributed by atoms with Crippen LogP contribution in [0.3, 0.4) is 0 Å². The first-order valence-electron chi connectivity index (χ1n) is 11.3. The first kappa shape index (κ1) is 22.4. The highest BCUT2D eigenvalue weighted by Gasteiger charge is 2.27. The van der Waals surface area contributed by atoms with E-state index in [0.29, 0.717) is 11.4 Å². The van der Waals surface area contributed by atoms with Gasteiger partial charge in [0.25, 0.3) is 0 Å². The molecular formula is C28H24F2N2OS. The highest BCUT2D eigenvalue weighted by atomic mass is 32.1. The second-order valence-corrected chi connectivity index (χ2v) is 9.33. The van der Waals surface area contributed by atoms with Gasteiger partial charge in [-0.05, 0) is 108 Å². The Balaban J connectivity index is 0.000000169. The lowest BCUT2D eigenvalue weighted by molar-refractivity contribution is 0.423. The van der Waals surface area contributed by atoms with Gasteiger partial charge in [-0.1, -0.05) is 6.42 Å². The number of nitrogens with one attached hydrogen (secondary N) is 2. The van der Waals surface area contributed by atoms with E-state index in [0.717, 1.165) is 50.8 Å². The summed E-state index contributed by atoms with van der Waals surface area (Å²) in [6, 6.07) is 18.9. The maximum Gasteiger partial charge on any atom is 0.248 e. The number of aromatic nitrogens is 2. The van der Waals surface area contributed by atoms with Gasteiger partial charge in [-0.15, -0.1) is 12.6 Å². The Labute approximate surface area is 201 Å². The molecule has 0 amide bonds. The Hall–Kier alpha value is -3.38. The van der Waals surface area contributed by atoms with Crippen LogP contribution < -0.4 is 5.56 Å². The third kappa shape index (κ3) is 4.38. The Kier molecular flexibility index (Phi) is 6.00. The first-order valence-corrected chi connectivity index (χ1v) is 11.7. The van der Waals surface area contributed by atoms with Crippen LogP contribution in [0.25, 0.3) is 33.1 Å². The van der Waals surface area contributed by atoms with Crippen molar-refractivity contribution in [1.29, 1.82) is 0 Å². The molecule has 2 heterocycles. The Morgan fingerprint density at radius 2 is 1.68 bits per heavy atom. The van der Waals surface area contributed by atoms with Crippen LogP contribution in [0.2, 0.25) is 0 Å². The number of hydrogen-bond donors (Lipinski definition) is 3. The third-order valence-corrected chi connectivity index (χ3v) is 6.68. The Morgan fingerprint density at radius 1 is 0.912 bits per heavy atom. The van der Waals surface area contributed by atoms with Crippen LogP contribution in [0.4, 0.5) is 8.78 Å². The van der Waals surface area contributed by atoms with Crippen LogP contribution in [0, 0.1) is 18.6 Å². The SMILES string of the molecule is Cc1cc(F)c2[nH]c(-c3ccc(F)cc3)c(C3CCC3)c2c1.O=c1ccc2cc(S)ccc2[nH]1. The maximum absolute atomic E-state index is 14.3. The smallest absolute Gasteiger partial charge is 0.248 e. The van der Waals surface area contributed by atoms with Gasteiger partial charge in [-0.2, -0.15) is 0 Å². The molecule has 2 aromatic heterocycles. The zero-order valence-corrected chi connectivity index (χ0v) is 19.6. The monoisotopic (exact) mass is 474 g/mol. The summed E-state index contributed by atoms with van der Waals surface area (Å²) in [6.07, 6.45) is 3.49. The van der Waals surface area contributed by atoms with Crippen molar-refractivity contribution in [2.75, 3.05) is 0 Å². The van der Waals surface area contributed by atoms with Gasteiger partial charge in [0.15, 0.2) is 0 Å². The van der Waals surface area contributed by atoms with Crippen LogP contribution in [0.5, 0.6) is 0 Å². The molecular weight excluding hydrogens is 450 g/mol. The normalized spacial score (nSPS) is 13.5. The summed E-state index contributed by atoms with van der Waals surface area (Å²) in [5.41, 5.74) is 5.30. The molecule has 1 fully saturated rings. The third-order valence-electron chi connectivity index (χ3n) is 6.40. The molecule has 6 heteroatoms.